The maximum absolute atomic E-state index is 6.05. The molecule has 2 rings (SSSR count). The molecule has 5 heteroatoms. The van der Waals surface area contributed by atoms with Gasteiger partial charge in [0.05, 0.1) is 18.5 Å². The van der Waals surface area contributed by atoms with Gasteiger partial charge in [-0.25, -0.2) is 0 Å². The predicted octanol–water partition coefficient (Wildman–Crippen LogP) is 4.23. The summed E-state index contributed by atoms with van der Waals surface area (Å²) in [6.07, 6.45) is 0. The molecule has 0 aliphatic heterocycles. The molecule has 0 spiro atoms. The average molecular weight is 304 g/mol. The van der Waals surface area contributed by atoms with Gasteiger partial charge in [-0.15, -0.1) is 0 Å². The molecule has 0 heterocycles. The molecule has 21 heavy (non-hydrogen) atoms. The summed E-state index contributed by atoms with van der Waals surface area (Å²) in [5.74, 6) is 0.813. The first-order valence-corrected chi connectivity index (χ1v) is 6.94. The van der Waals surface area contributed by atoms with Crippen LogP contribution in [0, 0.1) is 0 Å². The molecule has 2 N–H and O–H groups in total. The van der Waals surface area contributed by atoms with Crippen LogP contribution in [-0.4, -0.2) is 19.9 Å². The van der Waals surface area contributed by atoms with Crippen LogP contribution in [0.15, 0.2) is 47.6 Å². The third-order valence-electron chi connectivity index (χ3n) is 3.08. The van der Waals surface area contributed by atoms with E-state index in [1.54, 1.807) is 7.11 Å². The number of anilines is 2. The van der Waals surface area contributed by atoms with Crippen molar-refractivity contribution in [3.63, 3.8) is 0 Å². The van der Waals surface area contributed by atoms with E-state index >= 15 is 0 Å². The molecule has 0 fully saturated rings. The van der Waals surface area contributed by atoms with Crippen molar-refractivity contribution >= 4 is 28.7 Å². The van der Waals surface area contributed by atoms with E-state index in [2.05, 4.69) is 15.8 Å². The Bertz CT molecular complexity index is 638. The summed E-state index contributed by atoms with van der Waals surface area (Å²) in [6.45, 7) is 1.93. The molecular weight excluding hydrogens is 286 g/mol. The molecule has 0 bridgehead atoms. The summed E-state index contributed by atoms with van der Waals surface area (Å²) in [5.41, 5.74) is 6.71. The minimum Gasteiger partial charge on any atom is -0.497 e. The molecule has 0 unspecified atom stereocenters. The molecule has 0 atom stereocenters. The number of methoxy groups -OCH3 is 1. The van der Waals surface area contributed by atoms with Crippen molar-refractivity contribution in [2.45, 2.75) is 6.92 Å². The van der Waals surface area contributed by atoms with E-state index in [1.165, 1.54) is 0 Å². The molecule has 0 saturated carbocycles. The van der Waals surface area contributed by atoms with Crippen molar-refractivity contribution in [3.05, 3.63) is 53.1 Å². The Morgan fingerprint density at radius 1 is 1.14 bits per heavy atom. The quantitative estimate of drug-likeness (QED) is 0.642. The summed E-state index contributed by atoms with van der Waals surface area (Å²) < 4.78 is 5.12. The normalized spacial score (nSPS) is 11.1. The van der Waals surface area contributed by atoms with Gasteiger partial charge in [0.2, 0.25) is 0 Å². The maximum atomic E-state index is 6.05. The van der Waals surface area contributed by atoms with E-state index in [9.17, 15) is 0 Å². The Labute approximate surface area is 129 Å². The lowest BCUT2D eigenvalue weighted by molar-refractivity contribution is 0.415. The molecule has 110 valence electrons. The van der Waals surface area contributed by atoms with Gasteiger partial charge < -0.3 is 10.1 Å². The van der Waals surface area contributed by atoms with E-state index in [-0.39, 0.29) is 0 Å². The van der Waals surface area contributed by atoms with Gasteiger partial charge in [-0.3, -0.25) is 5.43 Å². The molecule has 2 aromatic rings. The maximum Gasteiger partial charge on any atom is 0.119 e. The van der Waals surface area contributed by atoms with E-state index < -0.39 is 0 Å². The Balaban J connectivity index is 2.18. The highest BCUT2D eigenvalue weighted by molar-refractivity contribution is 6.31. The van der Waals surface area contributed by atoms with Crippen LogP contribution in [0.4, 0.5) is 11.4 Å². The van der Waals surface area contributed by atoms with E-state index in [0.29, 0.717) is 5.02 Å². The predicted molar refractivity (Wildman–Crippen MR) is 89.8 cm³/mol. The molecule has 0 aliphatic carbocycles. The lowest BCUT2D eigenvalue weighted by atomic mass is 10.1. The standard InChI is InChI=1S/C16H18ClN3O/c1-11(15-10-12(17)4-9-16(15)18-2)19-20-13-5-7-14(21-3)8-6-13/h4-10,18,20H,1-3H3/b19-11-. The topological polar surface area (TPSA) is 45.7 Å². The van der Waals surface area contributed by atoms with Crippen molar-refractivity contribution in [1.82, 2.24) is 0 Å². The van der Waals surface area contributed by atoms with E-state index in [1.807, 2.05) is 56.4 Å². The highest BCUT2D eigenvalue weighted by atomic mass is 35.5. The van der Waals surface area contributed by atoms with Crippen LogP contribution in [0.1, 0.15) is 12.5 Å². The number of hydrogen-bond donors (Lipinski definition) is 2. The fourth-order valence-corrected chi connectivity index (χ4v) is 2.08. The highest BCUT2D eigenvalue weighted by Gasteiger charge is 2.05. The van der Waals surface area contributed by atoms with Gasteiger partial charge in [0.25, 0.3) is 0 Å². The fourth-order valence-electron chi connectivity index (χ4n) is 1.91. The Kier molecular flexibility index (Phi) is 5.06. The highest BCUT2D eigenvalue weighted by Crippen LogP contribution is 2.21. The SMILES string of the molecule is CNc1ccc(Cl)cc1/C(C)=N\Nc1ccc(OC)cc1. The van der Waals surface area contributed by atoms with Gasteiger partial charge in [-0.05, 0) is 49.4 Å². The average Bonchev–Trinajstić information content (AvgIpc) is 2.53. The summed E-state index contributed by atoms with van der Waals surface area (Å²) in [4.78, 5) is 0. The van der Waals surface area contributed by atoms with E-state index in [0.717, 1.165) is 28.4 Å². The molecular formula is C16H18ClN3O. The van der Waals surface area contributed by atoms with Crippen molar-refractivity contribution in [1.29, 1.82) is 0 Å². The second-order valence-electron chi connectivity index (χ2n) is 4.48. The number of rotatable bonds is 5. The summed E-state index contributed by atoms with van der Waals surface area (Å²) in [7, 11) is 3.51. The zero-order valence-electron chi connectivity index (χ0n) is 12.3. The van der Waals surface area contributed by atoms with Crippen LogP contribution in [0.3, 0.4) is 0 Å². The van der Waals surface area contributed by atoms with Crippen LogP contribution >= 0.6 is 11.6 Å². The van der Waals surface area contributed by atoms with Crippen molar-refractivity contribution in [2.75, 3.05) is 24.9 Å². The third kappa shape index (κ3) is 3.89. The van der Waals surface area contributed by atoms with Gasteiger partial charge >= 0.3 is 0 Å². The first kappa shape index (κ1) is 15.2. The smallest absolute Gasteiger partial charge is 0.119 e. The molecule has 0 aliphatic rings. The molecule has 0 saturated heterocycles. The Morgan fingerprint density at radius 2 is 1.86 bits per heavy atom. The zero-order chi connectivity index (χ0) is 15.2. The van der Waals surface area contributed by atoms with Crippen molar-refractivity contribution in [3.8, 4) is 5.75 Å². The van der Waals surface area contributed by atoms with Crippen molar-refractivity contribution in [2.24, 2.45) is 5.10 Å². The summed E-state index contributed by atoms with van der Waals surface area (Å²) in [5, 5.41) is 8.21. The first-order valence-electron chi connectivity index (χ1n) is 6.56. The van der Waals surface area contributed by atoms with Crippen LogP contribution in [0.5, 0.6) is 5.75 Å². The van der Waals surface area contributed by atoms with Gasteiger partial charge in [0.1, 0.15) is 5.75 Å². The zero-order valence-corrected chi connectivity index (χ0v) is 13.0. The Morgan fingerprint density at radius 3 is 2.48 bits per heavy atom. The molecule has 0 aromatic heterocycles. The first-order chi connectivity index (χ1) is 10.1. The van der Waals surface area contributed by atoms with Gasteiger partial charge in [-0.2, -0.15) is 5.10 Å². The number of hydrazone groups is 1. The minimum atomic E-state index is 0.683. The number of ether oxygens (including phenoxy) is 1. The second-order valence-corrected chi connectivity index (χ2v) is 4.91. The number of hydrogen-bond acceptors (Lipinski definition) is 4. The summed E-state index contributed by atoms with van der Waals surface area (Å²) in [6, 6.07) is 13.3. The van der Waals surface area contributed by atoms with Crippen molar-refractivity contribution < 1.29 is 4.74 Å². The molecule has 0 amide bonds. The second kappa shape index (κ2) is 6.99. The molecule has 0 radical (unpaired) electrons. The minimum absolute atomic E-state index is 0.683. The monoisotopic (exact) mass is 303 g/mol. The largest absolute Gasteiger partial charge is 0.497 e. The van der Waals surface area contributed by atoms with Crippen LogP contribution in [-0.2, 0) is 0 Å². The number of halogens is 1. The third-order valence-corrected chi connectivity index (χ3v) is 3.32. The Hall–Kier alpha value is -2.20. The van der Waals surface area contributed by atoms with E-state index in [4.69, 9.17) is 16.3 Å². The summed E-state index contributed by atoms with van der Waals surface area (Å²) >= 11 is 6.05. The van der Waals surface area contributed by atoms with Gasteiger partial charge in [0, 0.05) is 23.3 Å². The number of nitrogens with one attached hydrogen (secondary N) is 2. The van der Waals surface area contributed by atoms with Crippen LogP contribution < -0.4 is 15.5 Å². The fraction of sp³-hybridized carbons (Fsp3) is 0.188. The molecule has 4 nitrogen and oxygen atoms in total. The lowest BCUT2D eigenvalue weighted by Gasteiger charge is -2.10. The number of benzene rings is 2. The van der Waals surface area contributed by atoms with Gasteiger partial charge in [0.15, 0.2) is 0 Å². The lowest BCUT2D eigenvalue weighted by Crippen LogP contribution is -2.04. The van der Waals surface area contributed by atoms with Crippen LogP contribution in [0.2, 0.25) is 5.02 Å². The number of nitrogens with zero attached hydrogens (tertiary/aromatic N) is 1. The van der Waals surface area contributed by atoms with Crippen LogP contribution in [0.25, 0.3) is 0 Å². The molecule has 2 aromatic carbocycles. The van der Waals surface area contributed by atoms with Gasteiger partial charge in [-0.1, -0.05) is 11.6 Å².